The second-order valence-corrected chi connectivity index (χ2v) is 6.95. The molecule has 1 aromatic heterocycles. The van der Waals surface area contributed by atoms with E-state index in [1.165, 1.54) is 0 Å². The first kappa shape index (κ1) is 16.9. The van der Waals surface area contributed by atoms with Crippen LogP contribution >= 0.6 is 0 Å². The molecule has 7 nitrogen and oxygen atoms in total. The molecule has 1 saturated heterocycles. The van der Waals surface area contributed by atoms with Crippen molar-refractivity contribution in [2.24, 2.45) is 0 Å². The monoisotopic (exact) mass is 355 g/mol. The highest BCUT2D eigenvalue weighted by atomic mass is 16.5. The second-order valence-electron chi connectivity index (χ2n) is 6.95. The van der Waals surface area contributed by atoms with Crippen molar-refractivity contribution in [2.75, 3.05) is 56.7 Å². The van der Waals surface area contributed by atoms with E-state index in [1.54, 1.807) is 7.11 Å². The third-order valence-corrected chi connectivity index (χ3v) is 5.25. The van der Waals surface area contributed by atoms with Gasteiger partial charge in [-0.2, -0.15) is 0 Å². The van der Waals surface area contributed by atoms with Crippen LogP contribution in [0.2, 0.25) is 0 Å². The van der Waals surface area contributed by atoms with Crippen molar-refractivity contribution in [3.05, 3.63) is 45.9 Å². The fourth-order valence-corrected chi connectivity index (χ4v) is 3.75. The SMILES string of the molecule is COc1ccccc1N1CCN(c2nc3c(c(=O)[nH]2)CN(C)CC3)CC1. The third kappa shape index (κ3) is 3.14. The number of methoxy groups -OCH3 is 1. The van der Waals surface area contributed by atoms with Crippen LogP contribution < -0.4 is 20.1 Å². The predicted molar refractivity (Wildman–Crippen MR) is 102 cm³/mol. The maximum Gasteiger partial charge on any atom is 0.257 e. The fraction of sp³-hybridized carbons (Fsp3) is 0.474. The average molecular weight is 355 g/mol. The number of ether oxygens (including phenoxy) is 1. The van der Waals surface area contributed by atoms with Gasteiger partial charge in [0.15, 0.2) is 0 Å². The van der Waals surface area contributed by atoms with Gasteiger partial charge in [0.1, 0.15) is 5.75 Å². The molecule has 26 heavy (non-hydrogen) atoms. The number of likely N-dealkylation sites (N-methyl/N-ethyl adjacent to an activating group) is 1. The Morgan fingerprint density at radius 2 is 1.81 bits per heavy atom. The Morgan fingerprint density at radius 1 is 1.08 bits per heavy atom. The first-order valence-electron chi connectivity index (χ1n) is 9.09. The van der Waals surface area contributed by atoms with Crippen LogP contribution in [0.3, 0.4) is 0 Å². The van der Waals surface area contributed by atoms with Gasteiger partial charge in [0.25, 0.3) is 5.56 Å². The van der Waals surface area contributed by atoms with Crippen molar-refractivity contribution in [2.45, 2.75) is 13.0 Å². The number of piperazine rings is 1. The Kier molecular flexibility index (Phi) is 4.55. The lowest BCUT2D eigenvalue weighted by atomic mass is 10.1. The number of para-hydroxylation sites is 2. The van der Waals surface area contributed by atoms with Crippen LogP contribution in [-0.4, -0.2) is 61.7 Å². The Balaban J connectivity index is 1.50. The Labute approximate surface area is 153 Å². The number of aromatic amines is 1. The molecule has 0 unspecified atom stereocenters. The van der Waals surface area contributed by atoms with Crippen LogP contribution in [0.25, 0.3) is 0 Å². The van der Waals surface area contributed by atoms with Crippen molar-refractivity contribution in [1.29, 1.82) is 0 Å². The van der Waals surface area contributed by atoms with E-state index >= 15 is 0 Å². The minimum atomic E-state index is 0.00343. The zero-order chi connectivity index (χ0) is 18.1. The van der Waals surface area contributed by atoms with Gasteiger partial charge in [0.2, 0.25) is 5.95 Å². The van der Waals surface area contributed by atoms with Crippen molar-refractivity contribution in [1.82, 2.24) is 14.9 Å². The van der Waals surface area contributed by atoms with Crippen LogP contribution in [0.4, 0.5) is 11.6 Å². The lowest BCUT2D eigenvalue weighted by molar-refractivity contribution is 0.307. The molecule has 0 spiro atoms. The van der Waals surface area contributed by atoms with Gasteiger partial charge in [-0.15, -0.1) is 0 Å². The maximum absolute atomic E-state index is 12.5. The van der Waals surface area contributed by atoms with Crippen LogP contribution in [0.15, 0.2) is 29.1 Å². The summed E-state index contributed by atoms with van der Waals surface area (Å²) in [6.45, 7) is 5.00. The fourth-order valence-electron chi connectivity index (χ4n) is 3.75. The Hall–Kier alpha value is -2.54. The number of nitrogens with zero attached hydrogens (tertiary/aromatic N) is 4. The van der Waals surface area contributed by atoms with E-state index in [0.717, 1.165) is 61.8 Å². The highest BCUT2D eigenvalue weighted by molar-refractivity contribution is 5.59. The quantitative estimate of drug-likeness (QED) is 0.889. The number of rotatable bonds is 3. The molecule has 1 N–H and O–H groups in total. The summed E-state index contributed by atoms with van der Waals surface area (Å²) in [5, 5.41) is 0. The number of H-pyrrole nitrogens is 1. The van der Waals surface area contributed by atoms with E-state index in [9.17, 15) is 4.79 Å². The molecule has 0 aliphatic carbocycles. The predicted octanol–water partition coefficient (Wildman–Crippen LogP) is 1.09. The molecule has 138 valence electrons. The molecule has 0 bridgehead atoms. The number of benzene rings is 1. The number of nitrogens with one attached hydrogen (secondary N) is 1. The van der Waals surface area contributed by atoms with E-state index in [2.05, 4.69) is 25.8 Å². The third-order valence-electron chi connectivity index (χ3n) is 5.25. The number of fused-ring (bicyclic) bond motifs is 1. The average Bonchev–Trinajstić information content (AvgIpc) is 2.68. The van der Waals surface area contributed by atoms with Gasteiger partial charge in [0, 0.05) is 45.7 Å². The van der Waals surface area contributed by atoms with Crippen molar-refractivity contribution < 1.29 is 4.74 Å². The molecular formula is C19H25N5O2. The summed E-state index contributed by atoms with van der Waals surface area (Å²) in [5.74, 6) is 1.60. The topological polar surface area (TPSA) is 64.7 Å². The van der Waals surface area contributed by atoms with Crippen molar-refractivity contribution in [3.8, 4) is 5.75 Å². The van der Waals surface area contributed by atoms with Gasteiger partial charge in [-0.25, -0.2) is 4.98 Å². The smallest absolute Gasteiger partial charge is 0.257 e. The first-order chi connectivity index (χ1) is 12.7. The number of aromatic nitrogens is 2. The molecule has 1 aromatic carbocycles. The minimum absolute atomic E-state index is 0.00343. The van der Waals surface area contributed by atoms with Gasteiger partial charge < -0.3 is 19.4 Å². The van der Waals surface area contributed by atoms with Crippen molar-refractivity contribution >= 4 is 11.6 Å². The molecule has 7 heteroatoms. The molecule has 2 aliphatic rings. The molecule has 1 fully saturated rings. The van der Waals surface area contributed by atoms with Gasteiger partial charge in [0.05, 0.1) is 24.1 Å². The molecule has 3 heterocycles. The Bertz CT molecular complexity index is 842. The molecule has 2 aromatic rings. The highest BCUT2D eigenvalue weighted by Gasteiger charge is 2.24. The van der Waals surface area contributed by atoms with E-state index < -0.39 is 0 Å². The first-order valence-corrected chi connectivity index (χ1v) is 9.09. The zero-order valence-corrected chi connectivity index (χ0v) is 15.4. The highest BCUT2D eigenvalue weighted by Crippen LogP contribution is 2.28. The molecule has 0 atom stereocenters. The van der Waals surface area contributed by atoms with Crippen LogP contribution in [0, 0.1) is 0 Å². The van der Waals surface area contributed by atoms with Gasteiger partial charge >= 0.3 is 0 Å². The summed E-state index contributed by atoms with van der Waals surface area (Å²) in [6.07, 6.45) is 0.837. The molecule has 4 rings (SSSR count). The minimum Gasteiger partial charge on any atom is -0.495 e. The van der Waals surface area contributed by atoms with Gasteiger partial charge in [-0.05, 0) is 19.2 Å². The molecule has 0 saturated carbocycles. The molecule has 0 amide bonds. The van der Waals surface area contributed by atoms with Crippen LogP contribution in [0.5, 0.6) is 5.75 Å². The van der Waals surface area contributed by atoms with E-state index in [-0.39, 0.29) is 5.56 Å². The molecule has 2 aliphatic heterocycles. The standard InChI is InChI=1S/C19H25N5O2/c1-22-8-7-15-14(13-22)18(25)21-19(20-15)24-11-9-23(10-12-24)16-5-3-4-6-17(16)26-2/h3-6H,7-13H2,1-2H3,(H,20,21,25). The summed E-state index contributed by atoms with van der Waals surface area (Å²) in [5.41, 5.74) is 2.89. The summed E-state index contributed by atoms with van der Waals surface area (Å²) in [7, 11) is 3.74. The number of hydrogen-bond donors (Lipinski definition) is 1. The lowest BCUT2D eigenvalue weighted by Crippen LogP contribution is -2.48. The zero-order valence-electron chi connectivity index (χ0n) is 15.4. The summed E-state index contributed by atoms with van der Waals surface area (Å²) in [6, 6.07) is 8.09. The molecule has 0 radical (unpaired) electrons. The van der Waals surface area contributed by atoms with Crippen LogP contribution in [-0.2, 0) is 13.0 Å². The van der Waals surface area contributed by atoms with Gasteiger partial charge in [-0.3, -0.25) is 9.78 Å². The Morgan fingerprint density at radius 3 is 2.58 bits per heavy atom. The summed E-state index contributed by atoms with van der Waals surface area (Å²) in [4.78, 5) is 26.9. The van der Waals surface area contributed by atoms with Gasteiger partial charge in [-0.1, -0.05) is 12.1 Å². The second kappa shape index (κ2) is 6.99. The largest absolute Gasteiger partial charge is 0.495 e. The summed E-state index contributed by atoms with van der Waals surface area (Å²) < 4.78 is 5.48. The van der Waals surface area contributed by atoms with E-state index in [0.29, 0.717) is 12.5 Å². The summed E-state index contributed by atoms with van der Waals surface area (Å²) >= 11 is 0. The molecular weight excluding hydrogens is 330 g/mol. The normalized spacial score (nSPS) is 17.9. The van der Waals surface area contributed by atoms with Crippen molar-refractivity contribution in [3.63, 3.8) is 0 Å². The van der Waals surface area contributed by atoms with Crippen LogP contribution in [0.1, 0.15) is 11.3 Å². The lowest BCUT2D eigenvalue weighted by Gasteiger charge is -2.37. The van der Waals surface area contributed by atoms with E-state index in [4.69, 9.17) is 9.72 Å². The maximum atomic E-state index is 12.5. The van der Waals surface area contributed by atoms with E-state index in [1.807, 2.05) is 25.2 Å². The number of hydrogen-bond acceptors (Lipinski definition) is 6. The number of anilines is 2.